The minimum absolute atomic E-state index is 0.438. The number of carbonyl (C=O) groups is 1. The average molecular weight is 177 g/mol. The van der Waals surface area contributed by atoms with Crippen LogP contribution < -0.4 is 0 Å². The highest BCUT2D eigenvalue weighted by Gasteiger charge is 2.42. The minimum atomic E-state index is -0.756. The lowest BCUT2D eigenvalue weighted by molar-refractivity contribution is -0.136. The number of hydrogen-bond donors (Lipinski definition) is 1. The van der Waals surface area contributed by atoms with Gasteiger partial charge in [0, 0.05) is 18.5 Å². The van der Waals surface area contributed by atoms with E-state index in [1.807, 2.05) is 11.0 Å². The Hall–Kier alpha value is -1.25. The van der Waals surface area contributed by atoms with Gasteiger partial charge in [0.25, 0.3) is 0 Å². The number of aliphatic carboxylic acids is 1. The molecule has 0 aromatic heterocycles. The van der Waals surface area contributed by atoms with Crippen molar-refractivity contribution in [1.82, 2.24) is 4.90 Å². The molecule has 3 heteroatoms. The zero-order valence-corrected chi connectivity index (χ0v) is 7.23. The summed E-state index contributed by atoms with van der Waals surface area (Å²) in [7, 11) is 0. The van der Waals surface area contributed by atoms with Crippen LogP contribution in [0.3, 0.4) is 0 Å². The fourth-order valence-electron chi connectivity index (χ4n) is 2.47. The van der Waals surface area contributed by atoms with Crippen LogP contribution in [0.25, 0.3) is 0 Å². The van der Waals surface area contributed by atoms with E-state index in [0.29, 0.717) is 17.7 Å². The summed E-state index contributed by atoms with van der Waals surface area (Å²) in [5.74, 6) is -0.318. The monoisotopic (exact) mass is 177 g/mol. The topological polar surface area (TPSA) is 40.5 Å². The Morgan fingerprint density at radius 1 is 1.62 bits per heavy atom. The number of carboxylic acid groups (broad SMARTS) is 1. The molecule has 0 saturated carbocycles. The third kappa shape index (κ3) is 0.767. The Morgan fingerprint density at radius 3 is 2.92 bits per heavy atom. The maximum Gasteiger partial charge on any atom is 0.352 e. The molecule has 0 aromatic carbocycles. The first-order valence-corrected chi connectivity index (χ1v) is 4.69. The standard InChI is InChI=1S/C10H11NO2/c12-10(13)9-8-2-1-6(8)5-7-3-4-11(7)9/h1-2,6-7H,3-5H2,(H,12,13). The molecule has 2 atom stereocenters. The number of rotatable bonds is 1. The van der Waals surface area contributed by atoms with Gasteiger partial charge in [-0.25, -0.2) is 4.79 Å². The first-order valence-electron chi connectivity index (χ1n) is 4.69. The largest absolute Gasteiger partial charge is 0.477 e. The lowest BCUT2D eigenvalue weighted by Crippen LogP contribution is -2.53. The molecule has 2 unspecified atom stereocenters. The number of fused-ring (bicyclic) bond motifs is 2. The number of allylic oxidation sites excluding steroid dienone is 3. The third-order valence-corrected chi connectivity index (χ3v) is 3.34. The predicted octanol–water partition coefficient (Wildman–Crippen LogP) is 0.989. The fourth-order valence-corrected chi connectivity index (χ4v) is 2.47. The van der Waals surface area contributed by atoms with Gasteiger partial charge in [0.05, 0.1) is 0 Å². The van der Waals surface area contributed by atoms with Crippen molar-refractivity contribution in [3.63, 3.8) is 0 Å². The first-order chi connectivity index (χ1) is 6.27. The van der Waals surface area contributed by atoms with E-state index >= 15 is 0 Å². The zero-order chi connectivity index (χ0) is 9.00. The first kappa shape index (κ1) is 7.18. The molecular weight excluding hydrogens is 166 g/mol. The molecule has 1 saturated heterocycles. The fraction of sp³-hybridized carbons (Fsp3) is 0.500. The molecule has 0 radical (unpaired) electrons. The van der Waals surface area contributed by atoms with E-state index in [4.69, 9.17) is 5.11 Å². The molecule has 3 rings (SSSR count). The molecule has 3 aliphatic rings. The molecule has 1 fully saturated rings. The molecule has 0 amide bonds. The van der Waals surface area contributed by atoms with Crippen LogP contribution in [-0.2, 0) is 4.79 Å². The summed E-state index contributed by atoms with van der Waals surface area (Å²) in [5.41, 5.74) is 1.61. The van der Waals surface area contributed by atoms with Crippen LogP contribution >= 0.6 is 0 Å². The van der Waals surface area contributed by atoms with Crippen LogP contribution in [-0.4, -0.2) is 28.6 Å². The van der Waals surface area contributed by atoms with Crippen LogP contribution in [0.1, 0.15) is 12.8 Å². The predicted molar refractivity (Wildman–Crippen MR) is 47.0 cm³/mol. The number of hydrogen-bond acceptors (Lipinski definition) is 2. The summed E-state index contributed by atoms with van der Waals surface area (Å²) in [6, 6.07) is 0.504. The molecular formula is C10H11NO2. The summed E-state index contributed by atoms with van der Waals surface area (Å²) >= 11 is 0. The molecule has 68 valence electrons. The lowest BCUT2D eigenvalue weighted by Gasteiger charge is -2.50. The SMILES string of the molecule is O=C(O)C1=C2C=CC2CC2CCN12. The van der Waals surface area contributed by atoms with Gasteiger partial charge < -0.3 is 10.0 Å². The van der Waals surface area contributed by atoms with Gasteiger partial charge >= 0.3 is 5.97 Å². The van der Waals surface area contributed by atoms with Crippen molar-refractivity contribution in [3.05, 3.63) is 23.4 Å². The molecule has 2 heterocycles. The lowest BCUT2D eigenvalue weighted by atomic mass is 9.75. The van der Waals surface area contributed by atoms with Crippen molar-refractivity contribution in [2.75, 3.05) is 6.54 Å². The Bertz CT molecular complexity index is 343. The second-order valence-corrected chi connectivity index (χ2v) is 3.95. The molecule has 1 N–H and O–H groups in total. The van der Waals surface area contributed by atoms with Crippen molar-refractivity contribution < 1.29 is 9.90 Å². The maximum absolute atomic E-state index is 11.0. The Morgan fingerprint density at radius 2 is 2.46 bits per heavy atom. The van der Waals surface area contributed by atoms with Gasteiger partial charge in [0.2, 0.25) is 0 Å². The third-order valence-electron chi connectivity index (χ3n) is 3.34. The van der Waals surface area contributed by atoms with Crippen molar-refractivity contribution >= 4 is 5.97 Å². The molecule has 2 aliphatic heterocycles. The van der Waals surface area contributed by atoms with E-state index in [2.05, 4.69) is 6.08 Å². The van der Waals surface area contributed by atoms with Gasteiger partial charge in [-0.1, -0.05) is 12.2 Å². The second-order valence-electron chi connectivity index (χ2n) is 3.95. The highest BCUT2D eigenvalue weighted by molar-refractivity contribution is 5.89. The van der Waals surface area contributed by atoms with E-state index in [0.717, 1.165) is 25.0 Å². The van der Waals surface area contributed by atoms with E-state index in [1.165, 1.54) is 0 Å². The Kier molecular flexibility index (Phi) is 1.19. The normalized spacial score (nSPS) is 34.6. The van der Waals surface area contributed by atoms with Crippen LogP contribution in [0.5, 0.6) is 0 Å². The van der Waals surface area contributed by atoms with Gasteiger partial charge in [-0.05, 0) is 18.4 Å². The maximum atomic E-state index is 11.0. The Labute approximate surface area is 76.3 Å². The summed E-state index contributed by atoms with van der Waals surface area (Å²) in [5, 5.41) is 9.05. The quantitative estimate of drug-likeness (QED) is 0.649. The highest BCUT2D eigenvalue weighted by atomic mass is 16.4. The van der Waals surface area contributed by atoms with Crippen LogP contribution in [0.15, 0.2) is 23.4 Å². The van der Waals surface area contributed by atoms with E-state index in [9.17, 15) is 4.79 Å². The van der Waals surface area contributed by atoms with Gasteiger partial charge in [0.15, 0.2) is 0 Å². The number of carboxylic acids is 1. The molecule has 3 nitrogen and oxygen atoms in total. The smallest absolute Gasteiger partial charge is 0.352 e. The molecule has 0 spiro atoms. The Balaban J connectivity index is 2.06. The second kappa shape index (κ2) is 2.16. The molecule has 1 aliphatic carbocycles. The van der Waals surface area contributed by atoms with Gasteiger partial charge in [-0.3, -0.25) is 0 Å². The van der Waals surface area contributed by atoms with Crippen molar-refractivity contribution in [2.45, 2.75) is 18.9 Å². The number of nitrogens with zero attached hydrogens (tertiary/aromatic N) is 1. The van der Waals surface area contributed by atoms with Gasteiger partial charge in [-0.15, -0.1) is 0 Å². The van der Waals surface area contributed by atoms with E-state index < -0.39 is 5.97 Å². The molecule has 0 aromatic rings. The molecule has 13 heavy (non-hydrogen) atoms. The van der Waals surface area contributed by atoms with E-state index in [1.54, 1.807) is 0 Å². The summed E-state index contributed by atoms with van der Waals surface area (Å²) in [6.45, 7) is 0.927. The average Bonchev–Trinajstić information content (AvgIpc) is 1.97. The molecule has 0 bridgehead atoms. The highest BCUT2D eigenvalue weighted by Crippen LogP contribution is 2.43. The van der Waals surface area contributed by atoms with Gasteiger partial charge in [0.1, 0.15) is 5.70 Å². The van der Waals surface area contributed by atoms with Crippen LogP contribution in [0.2, 0.25) is 0 Å². The minimum Gasteiger partial charge on any atom is -0.477 e. The summed E-state index contributed by atoms with van der Waals surface area (Å²) in [4.78, 5) is 13.0. The van der Waals surface area contributed by atoms with Crippen LogP contribution in [0, 0.1) is 5.92 Å². The van der Waals surface area contributed by atoms with Crippen molar-refractivity contribution in [2.24, 2.45) is 5.92 Å². The van der Waals surface area contributed by atoms with Gasteiger partial charge in [-0.2, -0.15) is 0 Å². The summed E-state index contributed by atoms with van der Waals surface area (Å²) in [6.07, 6.45) is 6.35. The van der Waals surface area contributed by atoms with Crippen molar-refractivity contribution in [3.8, 4) is 0 Å². The van der Waals surface area contributed by atoms with E-state index in [-0.39, 0.29) is 0 Å². The van der Waals surface area contributed by atoms with Crippen LogP contribution in [0.4, 0.5) is 0 Å². The zero-order valence-electron chi connectivity index (χ0n) is 7.23. The van der Waals surface area contributed by atoms with Crippen molar-refractivity contribution in [1.29, 1.82) is 0 Å². The summed E-state index contributed by atoms with van der Waals surface area (Å²) < 4.78 is 0.